The lowest BCUT2D eigenvalue weighted by Gasteiger charge is -2.09. The molecule has 0 aliphatic carbocycles. The second kappa shape index (κ2) is 5.50. The van der Waals surface area contributed by atoms with Crippen molar-refractivity contribution >= 4 is 5.69 Å². The van der Waals surface area contributed by atoms with Gasteiger partial charge in [-0.15, -0.1) is 0 Å². The van der Waals surface area contributed by atoms with Crippen LogP contribution >= 0.6 is 0 Å². The quantitative estimate of drug-likeness (QED) is 0.607. The number of anilines is 1. The molecule has 84 valence electrons. The number of benzene rings is 1. The van der Waals surface area contributed by atoms with Gasteiger partial charge < -0.3 is 15.2 Å². The molecule has 1 rings (SSSR count). The summed E-state index contributed by atoms with van der Waals surface area (Å²) >= 11 is 0. The largest absolute Gasteiger partial charge is 0.491 e. The molecule has 0 unspecified atom stereocenters. The molecular weight excluding hydrogens is 204 g/mol. The number of nitrogen functional groups attached to an aromatic ring is 1. The topological polar surface area (TPSA) is 44.5 Å². The number of hydrogen-bond acceptors (Lipinski definition) is 3. The Balaban J connectivity index is 2.70. The summed E-state index contributed by atoms with van der Waals surface area (Å²) in [6.45, 7) is 0.734. The summed E-state index contributed by atoms with van der Waals surface area (Å²) < 4.78 is 34.8. The van der Waals surface area contributed by atoms with Gasteiger partial charge in [0.25, 0.3) is 6.43 Å². The number of rotatable bonds is 5. The molecule has 0 amide bonds. The minimum atomic E-state index is -2.59. The van der Waals surface area contributed by atoms with Gasteiger partial charge in [-0.25, -0.2) is 8.78 Å². The average Bonchev–Trinajstić information content (AvgIpc) is 2.20. The smallest absolute Gasteiger partial charge is 0.265 e. The highest BCUT2D eigenvalue weighted by Crippen LogP contribution is 2.28. The molecule has 0 saturated heterocycles. The molecule has 3 nitrogen and oxygen atoms in total. The molecule has 0 aliphatic heterocycles. The first kappa shape index (κ1) is 11.7. The van der Waals surface area contributed by atoms with Gasteiger partial charge in [0.2, 0.25) is 0 Å². The Morgan fingerprint density at radius 1 is 1.33 bits per heavy atom. The summed E-state index contributed by atoms with van der Waals surface area (Å²) in [5.74, 6) is 0.372. The molecule has 0 spiro atoms. The zero-order valence-electron chi connectivity index (χ0n) is 8.37. The van der Waals surface area contributed by atoms with Crippen LogP contribution in [0.1, 0.15) is 12.0 Å². The second-order valence-electron chi connectivity index (χ2n) is 2.93. The van der Waals surface area contributed by atoms with Crippen molar-refractivity contribution < 1.29 is 18.3 Å². The Bertz CT molecular complexity index is 318. The lowest BCUT2D eigenvalue weighted by atomic mass is 10.2. The fraction of sp³-hybridized carbons (Fsp3) is 0.400. The van der Waals surface area contributed by atoms with Crippen LogP contribution in [0.3, 0.4) is 0 Å². The lowest BCUT2D eigenvalue weighted by Crippen LogP contribution is -2.05. The first-order valence-electron chi connectivity index (χ1n) is 4.44. The number of halogens is 2. The molecular formula is C10H13F2NO2. The van der Waals surface area contributed by atoms with Gasteiger partial charge in [0.05, 0.1) is 6.61 Å². The van der Waals surface area contributed by atoms with Crippen LogP contribution in [-0.4, -0.2) is 20.3 Å². The predicted octanol–water partition coefficient (Wildman–Crippen LogP) is 2.23. The van der Waals surface area contributed by atoms with Gasteiger partial charge in [0, 0.05) is 18.4 Å². The maximum atomic E-state index is 12.4. The Hall–Kier alpha value is -1.36. The van der Waals surface area contributed by atoms with E-state index in [1.165, 1.54) is 19.2 Å². The number of hydrogen-bond donors (Lipinski definition) is 1. The van der Waals surface area contributed by atoms with E-state index in [9.17, 15) is 8.78 Å². The van der Waals surface area contributed by atoms with Crippen LogP contribution in [0.2, 0.25) is 0 Å². The van der Waals surface area contributed by atoms with E-state index < -0.39 is 6.43 Å². The van der Waals surface area contributed by atoms with Gasteiger partial charge >= 0.3 is 0 Å². The minimum Gasteiger partial charge on any atom is -0.491 e. The Kier molecular flexibility index (Phi) is 4.30. The van der Waals surface area contributed by atoms with E-state index in [1.807, 2.05) is 0 Å². The molecule has 0 atom stereocenters. The van der Waals surface area contributed by atoms with Gasteiger partial charge in [0.1, 0.15) is 12.4 Å². The van der Waals surface area contributed by atoms with Gasteiger partial charge in [-0.2, -0.15) is 0 Å². The van der Waals surface area contributed by atoms with Crippen LogP contribution in [0.5, 0.6) is 5.75 Å². The van der Waals surface area contributed by atoms with Gasteiger partial charge in [-0.3, -0.25) is 0 Å². The number of alkyl halides is 2. The molecule has 0 saturated carbocycles. The van der Waals surface area contributed by atoms with Gasteiger partial charge in [0.15, 0.2) is 0 Å². The van der Waals surface area contributed by atoms with Crippen LogP contribution in [0, 0.1) is 0 Å². The molecule has 0 radical (unpaired) electrons. The second-order valence-corrected chi connectivity index (χ2v) is 2.93. The average molecular weight is 217 g/mol. The van der Waals surface area contributed by atoms with Crippen molar-refractivity contribution in [2.45, 2.75) is 6.43 Å². The molecule has 15 heavy (non-hydrogen) atoms. The standard InChI is InChI=1S/C10H13F2NO2/c1-14-4-5-15-7-2-3-9(13)8(6-7)10(11)12/h2-3,6,10H,4-5,13H2,1H3. The van der Waals surface area contributed by atoms with Crippen LogP contribution in [0.25, 0.3) is 0 Å². The lowest BCUT2D eigenvalue weighted by molar-refractivity contribution is 0.143. The van der Waals surface area contributed by atoms with Crippen molar-refractivity contribution in [2.75, 3.05) is 26.1 Å². The van der Waals surface area contributed by atoms with Crippen molar-refractivity contribution in [1.82, 2.24) is 0 Å². The molecule has 0 aliphatic rings. The van der Waals surface area contributed by atoms with Crippen LogP contribution in [0.15, 0.2) is 18.2 Å². The van der Waals surface area contributed by atoms with Gasteiger partial charge in [-0.1, -0.05) is 0 Å². The predicted molar refractivity (Wildman–Crippen MR) is 53.2 cm³/mol. The van der Waals surface area contributed by atoms with E-state index in [0.29, 0.717) is 19.0 Å². The normalized spacial score (nSPS) is 10.7. The number of methoxy groups -OCH3 is 1. The maximum Gasteiger partial charge on any atom is 0.265 e. The van der Waals surface area contributed by atoms with Crippen LogP contribution < -0.4 is 10.5 Å². The molecule has 0 fully saturated rings. The molecule has 0 heterocycles. The van der Waals surface area contributed by atoms with Gasteiger partial charge in [-0.05, 0) is 18.2 Å². The van der Waals surface area contributed by atoms with E-state index in [4.69, 9.17) is 15.2 Å². The van der Waals surface area contributed by atoms with E-state index in [1.54, 1.807) is 6.07 Å². The number of ether oxygens (including phenoxy) is 2. The molecule has 0 bridgehead atoms. The zero-order valence-corrected chi connectivity index (χ0v) is 8.37. The third-order valence-electron chi connectivity index (χ3n) is 1.85. The summed E-state index contributed by atoms with van der Waals surface area (Å²) in [5.41, 5.74) is 5.25. The first-order valence-corrected chi connectivity index (χ1v) is 4.44. The van der Waals surface area contributed by atoms with E-state index in [0.717, 1.165) is 0 Å². The highest BCUT2D eigenvalue weighted by molar-refractivity contribution is 5.51. The SMILES string of the molecule is COCCOc1ccc(N)c(C(F)F)c1. The van der Waals surface area contributed by atoms with Crippen LogP contribution in [-0.2, 0) is 4.74 Å². The summed E-state index contributed by atoms with van der Waals surface area (Å²) in [4.78, 5) is 0. The van der Waals surface area contributed by atoms with Crippen molar-refractivity contribution in [3.05, 3.63) is 23.8 Å². The van der Waals surface area contributed by atoms with Crippen molar-refractivity contribution in [1.29, 1.82) is 0 Å². The third-order valence-corrected chi connectivity index (χ3v) is 1.85. The molecule has 0 aromatic heterocycles. The monoisotopic (exact) mass is 217 g/mol. The van der Waals surface area contributed by atoms with Crippen LogP contribution in [0.4, 0.5) is 14.5 Å². The highest BCUT2D eigenvalue weighted by Gasteiger charge is 2.12. The Labute approximate surface area is 86.8 Å². The molecule has 5 heteroatoms. The van der Waals surface area contributed by atoms with Crippen molar-refractivity contribution in [2.24, 2.45) is 0 Å². The van der Waals surface area contributed by atoms with E-state index >= 15 is 0 Å². The maximum absolute atomic E-state index is 12.4. The minimum absolute atomic E-state index is 0.0732. The Morgan fingerprint density at radius 3 is 2.67 bits per heavy atom. The zero-order chi connectivity index (χ0) is 11.3. The number of nitrogens with two attached hydrogens (primary N) is 1. The molecule has 2 N–H and O–H groups in total. The fourth-order valence-electron chi connectivity index (χ4n) is 1.07. The van der Waals surface area contributed by atoms with E-state index in [-0.39, 0.29) is 11.3 Å². The Morgan fingerprint density at radius 2 is 2.07 bits per heavy atom. The third kappa shape index (κ3) is 3.36. The first-order chi connectivity index (χ1) is 7.15. The summed E-state index contributed by atoms with van der Waals surface area (Å²) in [6, 6.07) is 4.20. The van der Waals surface area contributed by atoms with Crippen molar-refractivity contribution in [3.8, 4) is 5.75 Å². The molecule has 1 aromatic rings. The molecule has 1 aromatic carbocycles. The van der Waals surface area contributed by atoms with E-state index in [2.05, 4.69) is 0 Å². The summed E-state index contributed by atoms with van der Waals surface area (Å²) in [7, 11) is 1.54. The summed E-state index contributed by atoms with van der Waals surface area (Å²) in [5, 5.41) is 0. The fourth-order valence-corrected chi connectivity index (χ4v) is 1.07. The summed E-state index contributed by atoms with van der Waals surface area (Å²) in [6.07, 6.45) is -2.59. The van der Waals surface area contributed by atoms with Crippen molar-refractivity contribution in [3.63, 3.8) is 0 Å². The highest BCUT2D eigenvalue weighted by atomic mass is 19.3.